The number of Topliss-reactive ketones (excluding diaryl/α,β-unsaturated/α-hetero) is 1. The van der Waals surface area contributed by atoms with Crippen LogP contribution in [0.2, 0.25) is 0 Å². The molecule has 0 radical (unpaired) electrons. The Kier molecular flexibility index (Phi) is 5.22. The van der Waals surface area contributed by atoms with Crippen LogP contribution >= 0.6 is 0 Å². The molecule has 0 unspecified atom stereocenters. The van der Waals surface area contributed by atoms with Gasteiger partial charge in [-0.15, -0.1) is 0 Å². The first kappa shape index (κ1) is 16.5. The van der Waals surface area contributed by atoms with E-state index in [-0.39, 0.29) is 24.0 Å². The average Bonchev–Trinajstić information content (AvgIpc) is 2.46. The molecule has 0 amide bonds. The number of carboxylic acid groups (broad SMARTS) is 1. The third kappa shape index (κ3) is 3.87. The Balaban J connectivity index is 2.05. The minimum atomic E-state index is -0.709. The average molecular weight is 303 g/mol. The summed E-state index contributed by atoms with van der Waals surface area (Å²) in [5.41, 5.74) is 8.63. The highest BCUT2D eigenvalue weighted by Crippen LogP contribution is 2.39. The van der Waals surface area contributed by atoms with E-state index in [0.717, 1.165) is 31.2 Å². The van der Waals surface area contributed by atoms with Gasteiger partial charge in [0.15, 0.2) is 5.78 Å². The van der Waals surface area contributed by atoms with Crippen LogP contribution in [0.3, 0.4) is 0 Å². The quantitative estimate of drug-likeness (QED) is 0.639. The highest BCUT2D eigenvalue weighted by atomic mass is 16.4. The van der Waals surface area contributed by atoms with Gasteiger partial charge in [0, 0.05) is 23.6 Å². The lowest BCUT2D eigenvalue weighted by Gasteiger charge is -2.28. The smallest absolute Gasteiger partial charge is 0.303 e. The highest BCUT2D eigenvalue weighted by molar-refractivity contribution is 5.98. The predicted octanol–water partition coefficient (Wildman–Crippen LogP) is 3.86. The first-order valence-corrected chi connectivity index (χ1v) is 8.04. The van der Waals surface area contributed by atoms with Crippen LogP contribution < -0.4 is 5.73 Å². The molecule has 2 rings (SSSR count). The highest BCUT2D eigenvalue weighted by Gasteiger charge is 2.25. The molecule has 0 spiro atoms. The molecule has 0 aromatic heterocycles. The van der Waals surface area contributed by atoms with Gasteiger partial charge in [-0.3, -0.25) is 9.59 Å². The van der Waals surface area contributed by atoms with Crippen molar-refractivity contribution in [2.75, 3.05) is 5.73 Å². The Bertz CT molecular complexity index is 557. The van der Waals surface area contributed by atoms with Gasteiger partial charge < -0.3 is 10.8 Å². The minimum absolute atomic E-state index is 0.0308. The van der Waals surface area contributed by atoms with E-state index in [0.29, 0.717) is 17.2 Å². The van der Waals surface area contributed by atoms with Gasteiger partial charge in [0.1, 0.15) is 0 Å². The Morgan fingerprint density at radius 3 is 2.36 bits per heavy atom. The molecule has 1 fully saturated rings. The summed E-state index contributed by atoms with van der Waals surface area (Å²) in [6.45, 7) is 3.77. The van der Waals surface area contributed by atoms with Crippen LogP contribution in [0.1, 0.15) is 67.8 Å². The fourth-order valence-electron chi connectivity index (χ4n) is 3.36. The van der Waals surface area contributed by atoms with Crippen LogP contribution in [0.15, 0.2) is 18.2 Å². The van der Waals surface area contributed by atoms with Crippen LogP contribution in [0.4, 0.5) is 5.69 Å². The topological polar surface area (TPSA) is 80.4 Å². The van der Waals surface area contributed by atoms with Crippen molar-refractivity contribution >= 4 is 17.4 Å². The van der Waals surface area contributed by atoms with Gasteiger partial charge in [0.05, 0.1) is 0 Å². The molecule has 0 saturated heterocycles. The Labute approximate surface area is 131 Å². The van der Waals surface area contributed by atoms with Gasteiger partial charge in [0.2, 0.25) is 0 Å². The Morgan fingerprint density at radius 2 is 1.86 bits per heavy atom. The maximum atomic E-state index is 12.0. The van der Waals surface area contributed by atoms with Gasteiger partial charge >= 0.3 is 5.97 Å². The summed E-state index contributed by atoms with van der Waals surface area (Å²) >= 11 is 0. The lowest BCUT2D eigenvalue weighted by Crippen LogP contribution is -2.17. The molecule has 1 aliphatic carbocycles. The number of carboxylic acids is 1. The molecular weight excluding hydrogens is 278 g/mol. The SMILES string of the molecule is CC(C)C(=O)c1ccc(C2CCC(CC(=O)O)CC2)c(N)c1. The fraction of sp³-hybridized carbons (Fsp3) is 0.556. The van der Waals surface area contributed by atoms with E-state index < -0.39 is 5.97 Å². The molecule has 0 bridgehead atoms. The molecule has 3 N–H and O–H groups in total. The molecular formula is C18H25NO3. The molecule has 120 valence electrons. The van der Waals surface area contributed by atoms with E-state index in [2.05, 4.69) is 0 Å². The second-order valence-electron chi connectivity index (χ2n) is 6.68. The number of rotatable bonds is 5. The van der Waals surface area contributed by atoms with Gasteiger partial charge in [-0.25, -0.2) is 0 Å². The summed E-state index contributed by atoms with van der Waals surface area (Å²) in [7, 11) is 0. The zero-order valence-electron chi connectivity index (χ0n) is 13.3. The number of hydrogen-bond acceptors (Lipinski definition) is 3. The van der Waals surface area contributed by atoms with Crippen molar-refractivity contribution in [1.82, 2.24) is 0 Å². The molecule has 0 aliphatic heterocycles. The van der Waals surface area contributed by atoms with Crippen molar-refractivity contribution in [3.8, 4) is 0 Å². The van der Waals surface area contributed by atoms with Crippen LogP contribution in [0.25, 0.3) is 0 Å². The normalized spacial score (nSPS) is 21.8. The summed E-state index contributed by atoms with van der Waals surface area (Å²) in [6, 6.07) is 5.64. The number of anilines is 1. The summed E-state index contributed by atoms with van der Waals surface area (Å²) in [4.78, 5) is 22.8. The lowest BCUT2D eigenvalue weighted by molar-refractivity contribution is -0.138. The van der Waals surface area contributed by atoms with Crippen molar-refractivity contribution in [2.24, 2.45) is 11.8 Å². The van der Waals surface area contributed by atoms with Crippen LogP contribution in [-0.2, 0) is 4.79 Å². The largest absolute Gasteiger partial charge is 0.481 e. The van der Waals surface area contributed by atoms with Crippen molar-refractivity contribution in [1.29, 1.82) is 0 Å². The van der Waals surface area contributed by atoms with Crippen molar-refractivity contribution in [3.63, 3.8) is 0 Å². The lowest BCUT2D eigenvalue weighted by atomic mass is 9.77. The second-order valence-corrected chi connectivity index (χ2v) is 6.68. The third-order valence-corrected chi connectivity index (χ3v) is 4.65. The summed E-state index contributed by atoms with van der Waals surface area (Å²) in [6.07, 6.45) is 4.08. The number of carbonyl (C=O) groups excluding carboxylic acids is 1. The van der Waals surface area contributed by atoms with Crippen molar-refractivity contribution in [3.05, 3.63) is 29.3 Å². The molecule has 4 heteroatoms. The summed E-state index contributed by atoms with van der Waals surface area (Å²) < 4.78 is 0. The first-order chi connectivity index (χ1) is 10.4. The van der Waals surface area contributed by atoms with Crippen LogP contribution in [-0.4, -0.2) is 16.9 Å². The molecule has 1 saturated carbocycles. The maximum absolute atomic E-state index is 12.0. The van der Waals surface area contributed by atoms with E-state index in [1.165, 1.54) is 0 Å². The monoisotopic (exact) mass is 303 g/mol. The molecule has 4 nitrogen and oxygen atoms in total. The number of benzene rings is 1. The summed E-state index contributed by atoms with van der Waals surface area (Å²) in [5, 5.41) is 8.87. The van der Waals surface area contributed by atoms with Crippen molar-refractivity contribution < 1.29 is 14.7 Å². The standard InChI is InChI=1S/C18H25NO3/c1-11(2)18(22)14-7-8-15(16(19)10-14)13-5-3-12(4-6-13)9-17(20)21/h7-8,10-13H,3-6,9,19H2,1-2H3,(H,20,21). The van der Waals surface area contributed by atoms with Crippen LogP contribution in [0, 0.1) is 11.8 Å². The number of nitrogen functional groups attached to an aromatic ring is 1. The molecule has 0 heterocycles. The summed E-state index contributed by atoms with van der Waals surface area (Å²) in [5.74, 6) is 0.0460. The molecule has 0 atom stereocenters. The third-order valence-electron chi connectivity index (χ3n) is 4.65. The zero-order chi connectivity index (χ0) is 16.3. The number of hydrogen-bond donors (Lipinski definition) is 2. The van der Waals surface area contributed by atoms with E-state index in [4.69, 9.17) is 10.8 Å². The maximum Gasteiger partial charge on any atom is 0.303 e. The van der Waals surface area contributed by atoms with Gasteiger partial charge in [-0.05, 0) is 49.1 Å². The van der Waals surface area contributed by atoms with E-state index in [1.54, 1.807) is 6.07 Å². The molecule has 1 aromatic carbocycles. The second kappa shape index (κ2) is 6.95. The number of carbonyl (C=O) groups is 2. The molecule has 1 aromatic rings. The molecule has 22 heavy (non-hydrogen) atoms. The number of nitrogens with two attached hydrogens (primary N) is 1. The number of aliphatic carboxylic acids is 1. The zero-order valence-corrected chi connectivity index (χ0v) is 13.3. The van der Waals surface area contributed by atoms with E-state index in [1.807, 2.05) is 26.0 Å². The predicted molar refractivity (Wildman–Crippen MR) is 87.0 cm³/mol. The van der Waals surface area contributed by atoms with E-state index in [9.17, 15) is 9.59 Å². The minimum Gasteiger partial charge on any atom is -0.481 e. The van der Waals surface area contributed by atoms with Gasteiger partial charge in [-0.1, -0.05) is 26.0 Å². The first-order valence-electron chi connectivity index (χ1n) is 8.04. The molecule has 1 aliphatic rings. The van der Waals surface area contributed by atoms with Gasteiger partial charge in [0.25, 0.3) is 0 Å². The Hall–Kier alpha value is -1.84. The Morgan fingerprint density at radius 1 is 1.23 bits per heavy atom. The fourth-order valence-corrected chi connectivity index (χ4v) is 3.36. The van der Waals surface area contributed by atoms with Gasteiger partial charge in [-0.2, -0.15) is 0 Å². The van der Waals surface area contributed by atoms with Crippen molar-refractivity contribution in [2.45, 2.75) is 51.9 Å². The number of ketones is 1. The van der Waals surface area contributed by atoms with Crippen LogP contribution in [0.5, 0.6) is 0 Å². The van der Waals surface area contributed by atoms with E-state index >= 15 is 0 Å².